The number of carbonyl (C=O) groups is 2. The molecule has 1 aliphatic heterocycles. The Morgan fingerprint density at radius 3 is 2.87 bits per heavy atom. The summed E-state index contributed by atoms with van der Waals surface area (Å²) in [5.41, 5.74) is 2.39. The first-order valence-corrected chi connectivity index (χ1v) is 8.41. The van der Waals surface area contributed by atoms with Crippen molar-refractivity contribution in [1.29, 1.82) is 0 Å². The van der Waals surface area contributed by atoms with Crippen molar-refractivity contribution < 1.29 is 9.59 Å². The number of carbonyl (C=O) groups excluding carboxylic acids is 2. The van der Waals surface area contributed by atoms with Gasteiger partial charge in [-0.05, 0) is 42.8 Å². The molecule has 0 spiro atoms. The van der Waals surface area contributed by atoms with Crippen molar-refractivity contribution in [2.24, 2.45) is 0 Å². The number of hydrogen-bond donors (Lipinski definition) is 2. The van der Waals surface area contributed by atoms with E-state index >= 15 is 0 Å². The standard InChI is InChI=1S/C17H15ClN2O2S/c1-10-8-11(18)6-7-12(10)19-16(21)9-15-17(22)20-13-4-2-3-5-14(13)23-15/h2-8,15H,9H2,1H3,(H,19,21)(H,20,22). The molecule has 3 rings (SSSR count). The molecule has 1 atom stereocenters. The molecular formula is C17H15ClN2O2S. The molecule has 2 aromatic carbocycles. The summed E-state index contributed by atoms with van der Waals surface area (Å²) in [7, 11) is 0. The molecule has 0 radical (unpaired) electrons. The molecule has 23 heavy (non-hydrogen) atoms. The van der Waals surface area contributed by atoms with E-state index in [1.165, 1.54) is 11.8 Å². The number of rotatable bonds is 3. The molecule has 0 saturated heterocycles. The number of para-hydroxylation sites is 1. The molecule has 2 amide bonds. The van der Waals surface area contributed by atoms with E-state index in [1.807, 2.05) is 31.2 Å². The highest BCUT2D eigenvalue weighted by atomic mass is 35.5. The highest BCUT2D eigenvalue weighted by Crippen LogP contribution is 2.36. The SMILES string of the molecule is Cc1cc(Cl)ccc1NC(=O)CC1Sc2ccccc2NC1=O. The molecule has 6 heteroatoms. The summed E-state index contributed by atoms with van der Waals surface area (Å²) in [5.74, 6) is -0.334. The summed E-state index contributed by atoms with van der Waals surface area (Å²) in [6.45, 7) is 1.87. The first kappa shape index (κ1) is 15.9. The number of halogens is 1. The number of nitrogens with one attached hydrogen (secondary N) is 2. The van der Waals surface area contributed by atoms with E-state index in [0.717, 1.165) is 16.1 Å². The fraction of sp³-hybridized carbons (Fsp3) is 0.176. The van der Waals surface area contributed by atoms with Gasteiger partial charge in [0.2, 0.25) is 11.8 Å². The fourth-order valence-electron chi connectivity index (χ4n) is 2.36. The number of thioether (sulfide) groups is 1. The topological polar surface area (TPSA) is 58.2 Å². The summed E-state index contributed by atoms with van der Waals surface area (Å²) < 4.78 is 0. The third-order valence-electron chi connectivity index (χ3n) is 3.54. The quantitative estimate of drug-likeness (QED) is 0.880. The molecular weight excluding hydrogens is 332 g/mol. The Kier molecular flexibility index (Phi) is 4.59. The van der Waals surface area contributed by atoms with E-state index in [1.54, 1.807) is 18.2 Å². The lowest BCUT2D eigenvalue weighted by Crippen LogP contribution is -2.32. The molecule has 0 bridgehead atoms. The summed E-state index contributed by atoms with van der Waals surface area (Å²) >= 11 is 7.32. The summed E-state index contributed by atoms with van der Waals surface area (Å²) in [6.07, 6.45) is 0.118. The Hall–Kier alpha value is -1.98. The van der Waals surface area contributed by atoms with Gasteiger partial charge in [0.25, 0.3) is 0 Å². The number of benzene rings is 2. The zero-order valence-corrected chi connectivity index (χ0v) is 14.0. The van der Waals surface area contributed by atoms with Crippen molar-refractivity contribution in [3.63, 3.8) is 0 Å². The van der Waals surface area contributed by atoms with E-state index in [4.69, 9.17) is 11.6 Å². The second kappa shape index (κ2) is 6.64. The van der Waals surface area contributed by atoms with Crippen LogP contribution in [0.4, 0.5) is 11.4 Å². The maximum atomic E-state index is 12.2. The van der Waals surface area contributed by atoms with Gasteiger partial charge >= 0.3 is 0 Å². The first-order chi connectivity index (χ1) is 11.0. The Balaban J connectivity index is 1.67. The normalized spacial score (nSPS) is 16.4. The monoisotopic (exact) mass is 346 g/mol. The maximum Gasteiger partial charge on any atom is 0.238 e. The zero-order valence-electron chi connectivity index (χ0n) is 12.4. The minimum atomic E-state index is -0.433. The van der Waals surface area contributed by atoms with Crippen LogP contribution in [0.5, 0.6) is 0 Å². The van der Waals surface area contributed by atoms with Crippen LogP contribution in [0.3, 0.4) is 0 Å². The van der Waals surface area contributed by atoms with Crippen molar-refractivity contribution in [3.8, 4) is 0 Å². The fourth-order valence-corrected chi connectivity index (χ4v) is 3.70. The van der Waals surface area contributed by atoms with Gasteiger partial charge in [-0.1, -0.05) is 23.7 Å². The van der Waals surface area contributed by atoms with Crippen molar-refractivity contribution in [2.75, 3.05) is 10.6 Å². The number of anilines is 2. The number of hydrogen-bond acceptors (Lipinski definition) is 3. The average molecular weight is 347 g/mol. The zero-order chi connectivity index (χ0) is 16.4. The van der Waals surface area contributed by atoms with E-state index < -0.39 is 5.25 Å². The van der Waals surface area contributed by atoms with Crippen molar-refractivity contribution in [1.82, 2.24) is 0 Å². The molecule has 2 N–H and O–H groups in total. The molecule has 1 unspecified atom stereocenters. The van der Waals surface area contributed by atoms with Gasteiger partial charge in [-0.2, -0.15) is 0 Å². The van der Waals surface area contributed by atoms with Gasteiger partial charge in [0, 0.05) is 22.0 Å². The van der Waals surface area contributed by atoms with Crippen LogP contribution in [-0.4, -0.2) is 17.1 Å². The summed E-state index contributed by atoms with van der Waals surface area (Å²) in [6, 6.07) is 12.9. The smallest absolute Gasteiger partial charge is 0.238 e. The highest BCUT2D eigenvalue weighted by molar-refractivity contribution is 8.01. The minimum Gasteiger partial charge on any atom is -0.326 e. The highest BCUT2D eigenvalue weighted by Gasteiger charge is 2.28. The second-order valence-electron chi connectivity index (χ2n) is 5.30. The minimum absolute atomic E-state index is 0.118. The number of fused-ring (bicyclic) bond motifs is 1. The molecule has 118 valence electrons. The average Bonchev–Trinajstić information content (AvgIpc) is 2.51. The predicted molar refractivity (Wildman–Crippen MR) is 94.2 cm³/mol. The maximum absolute atomic E-state index is 12.2. The van der Waals surface area contributed by atoms with E-state index in [-0.39, 0.29) is 18.2 Å². The molecule has 2 aromatic rings. The van der Waals surface area contributed by atoms with Crippen LogP contribution in [0, 0.1) is 6.92 Å². The van der Waals surface area contributed by atoms with Crippen LogP contribution in [-0.2, 0) is 9.59 Å². The van der Waals surface area contributed by atoms with E-state index in [0.29, 0.717) is 10.7 Å². The van der Waals surface area contributed by atoms with Crippen LogP contribution in [0.1, 0.15) is 12.0 Å². The van der Waals surface area contributed by atoms with Gasteiger partial charge in [-0.15, -0.1) is 11.8 Å². The van der Waals surface area contributed by atoms with E-state index in [2.05, 4.69) is 10.6 Å². The van der Waals surface area contributed by atoms with E-state index in [9.17, 15) is 9.59 Å². The van der Waals surface area contributed by atoms with Gasteiger partial charge in [-0.3, -0.25) is 9.59 Å². The van der Waals surface area contributed by atoms with Crippen molar-refractivity contribution in [3.05, 3.63) is 53.1 Å². The molecule has 1 heterocycles. The molecule has 4 nitrogen and oxygen atoms in total. The van der Waals surface area contributed by atoms with Gasteiger partial charge in [-0.25, -0.2) is 0 Å². The van der Waals surface area contributed by atoms with Gasteiger partial charge in [0.05, 0.1) is 10.9 Å². The van der Waals surface area contributed by atoms with Crippen LogP contribution in [0.15, 0.2) is 47.4 Å². The lowest BCUT2D eigenvalue weighted by Gasteiger charge is -2.23. The molecule has 0 aliphatic carbocycles. The predicted octanol–water partition coefficient (Wildman–Crippen LogP) is 4.09. The number of aryl methyl sites for hydroxylation is 1. The summed E-state index contributed by atoms with van der Waals surface area (Å²) in [5, 5.41) is 5.87. The third kappa shape index (κ3) is 3.68. The lowest BCUT2D eigenvalue weighted by atomic mass is 10.2. The first-order valence-electron chi connectivity index (χ1n) is 7.15. The third-order valence-corrected chi connectivity index (χ3v) is 5.05. The van der Waals surface area contributed by atoms with Gasteiger partial charge in [0.1, 0.15) is 0 Å². The Morgan fingerprint density at radius 2 is 2.09 bits per heavy atom. The van der Waals surface area contributed by atoms with Gasteiger partial charge < -0.3 is 10.6 Å². The Morgan fingerprint density at radius 1 is 1.30 bits per heavy atom. The molecule has 1 aliphatic rings. The largest absolute Gasteiger partial charge is 0.326 e. The Labute approximate surface area is 143 Å². The number of amides is 2. The Bertz CT molecular complexity index is 779. The second-order valence-corrected chi connectivity index (χ2v) is 6.98. The summed E-state index contributed by atoms with van der Waals surface area (Å²) in [4.78, 5) is 25.3. The van der Waals surface area contributed by atoms with Crippen LogP contribution < -0.4 is 10.6 Å². The van der Waals surface area contributed by atoms with Gasteiger partial charge in [0.15, 0.2) is 0 Å². The van der Waals surface area contributed by atoms with Crippen LogP contribution in [0.25, 0.3) is 0 Å². The van der Waals surface area contributed by atoms with Crippen molar-refractivity contribution in [2.45, 2.75) is 23.5 Å². The van der Waals surface area contributed by atoms with Crippen LogP contribution >= 0.6 is 23.4 Å². The molecule has 0 saturated carbocycles. The lowest BCUT2D eigenvalue weighted by molar-refractivity contribution is -0.120. The molecule has 0 aromatic heterocycles. The van der Waals surface area contributed by atoms with Crippen molar-refractivity contribution >= 4 is 46.6 Å². The van der Waals surface area contributed by atoms with Crippen LogP contribution in [0.2, 0.25) is 5.02 Å². The molecule has 0 fully saturated rings.